The number of halogens is 1. The molecule has 1 aliphatic rings. The summed E-state index contributed by atoms with van der Waals surface area (Å²) in [6.45, 7) is 7.14. The number of nitrogens with zero attached hydrogens (tertiary/aromatic N) is 2. The predicted octanol–water partition coefficient (Wildman–Crippen LogP) is 6.50. The fourth-order valence-corrected chi connectivity index (χ4v) is 4.93. The summed E-state index contributed by atoms with van der Waals surface area (Å²) < 4.78 is 0. The molecule has 1 heterocycles. The molecule has 0 aliphatic carbocycles. The summed E-state index contributed by atoms with van der Waals surface area (Å²) >= 11 is 6.57. The van der Waals surface area contributed by atoms with E-state index >= 15 is 0 Å². The summed E-state index contributed by atoms with van der Waals surface area (Å²) in [5.74, 6) is -0.361. The number of likely N-dealkylation sites (N-methyl/N-ethyl adjacent to an activating group) is 1. The number of aryl methyl sites for hydroxylation is 1. The highest BCUT2D eigenvalue weighted by atomic mass is 35.5. The van der Waals surface area contributed by atoms with Crippen LogP contribution in [0.2, 0.25) is 5.02 Å². The molecule has 180 valence electrons. The Morgan fingerprint density at radius 3 is 2.60 bits per heavy atom. The van der Waals surface area contributed by atoms with Crippen molar-refractivity contribution in [2.45, 2.75) is 25.8 Å². The zero-order chi connectivity index (χ0) is 24.9. The summed E-state index contributed by atoms with van der Waals surface area (Å²) in [6.07, 6.45) is 3.72. The molecule has 35 heavy (non-hydrogen) atoms. The third kappa shape index (κ3) is 5.31. The summed E-state index contributed by atoms with van der Waals surface area (Å²) in [4.78, 5) is 30.4. The van der Waals surface area contributed by atoms with Gasteiger partial charge in [-0.1, -0.05) is 54.1 Å². The van der Waals surface area contributed by atoms with E-state index in [1.54, 1.807) is 24.3 Å². The Morgan fingerprint density at radius 1 is 1.11 bits per heavy atom. The minimum atomic E-state index is -0.214. The van der Waals surface area contributed by atoms with Gasteiger partial charge in [0.1, 0.15) is 0 Å². The van der Waals surface area contributed by atoms with Crippen molar-refractivity contribution >= 4 is 34.8 Å². The average Bonchev–Trinajstić information content (AvgIpc) is 3.04. The second-order valence-electron chi connectivity index (χ2n) is 8.87. The van der Waals surface area contributed by atoms with E-state index in [2.05, 4.69) is 29.9 Å². The van der Waals surface area contributed by atoms with Crippen LogP contribution in [0, 0.1) is 6.92 Å². The van der Waals surface area contributed by atoms with E-state index in [1.807, 2.05) is 54.3 Å². The average molecular weight is 488 g/mol. The Morgan fingerprint density at radius 2 is 1.86 bits per heavy atom. The Kier molecular flexibility index (Phi) is 7.69. The lowest BCUT2D eigenvalue weighted by molar-refractivity contribution is 0.0985. The maximum atomic E-state index is 13.7. The number of amides is 2. The minimum Gasteiger partial charge on any atom is -0.322 e. The number of nitrogens with one attached hydrogen (secondary N) is 1. The highest BCUT2D eigenvalue weighted by Gasteiger charge is 2.29. The van der Waals surface area contributed by atoms with Crippen LogP contribution in [0.15, 0.2) is 79.4 Å². The molecule has 0 fully saturated rings. The van der Waals surface area contributed by atoms with Crippen molar-refractivity contribution in [2.75, 3.05) is 30.4 Å². The van der Waals surface area contributed by atoms with Crippen LogP contribution >= 0.6 is 11.6 Å². The number of carbonyl (C=O) groups is 2. The van der Waals surface area contributed by atoms with Gasteiger partial charge >= 0.3 is 0 Å². The molecule has 1 N–H and O–H groups in total. The normalized spacial score (nSPS) is 15.3. The van der Waals surface area contributed by atoms with Crippen LogP contribution in [0.1, 0.15) is 50.7 Å². The van der Waals surface area contributed by atoms with Gasteiger partial charge in [-0.3, -0.25) is 14.5 Å². The van der Waals surface area contributed by atoms with Gasteiger partial charge in [-0.05, 0) is 68.3 Å². The summed E-state index contributed by atoms with van der Waals surface area (Å²) in [5, 5.41) is 3.18. The molecule has 1 atom stereocenters. The predicted molar refractivity (Wildman–Crippen MR) is 144 cm³/mol. The maximum Gasteiger partial charge on any atom is 0.259 e. The Hall–Kier alpha value is -3.41. The lowest BCUT2D eigenvalue weighted by Crippen LogP contribution is -2.32. The summed E-state index contributed by atoms with van der Waals surface area (Å²) in [5.41, 5.74) is 4.47. The number of hydrogen-bond donors (Lipinski definition) is 1. The van der Waals surface area contributed by atoms with Gasteiger partial charge in [0.05, 0.1) is 10.6 Å². The number of benzene rings is 3. The second-order valence-corrected chi connectivity index (χ2v) is 9.27. The lowest BCUT2D eigenvalue weighted by atomic mass is 10.00. The molecule has 1 aliphatic heterocycles. The van der Waals surface area contributed by atoms with Crippen LogP contribution in [-0.4, -0.2) is 36.9 Å². The topological polar surface area (TPSA) is 52.6 Å². The number of hydrogen-bond acceptors (Lipinski definition) is 3. The van der Waals surface area contributed by atoms with E-state index in [0.29, 0.717) is 28.4 Å². The second kappa shape index (κ2) is 10.9. The first-order valence-electron chi connectivity index (χ1n) is 11.8. The van der Waals surface area contributed by atoms with E-state index in [4.69, 9.17) is 11.6 Å². The molecule has 0 radical (unpaired) electrons. The molecule has 0 aromatic heterocycles. The third-order valence-electron chi connectivity index (χ3n) is 6.49. The van der Waals surface area contributed by atoms with Crippen LogP contribution < -0.4 is 10.2 Å². The zero-order valence-corrected chi connectivity index (χ0v) is 20.9. The fraction of sp³-hybridized carbons (Fsp3) is 0.241. The molecule has 2 amide bonds. The number of anilines is 2. The molecule has 5 nitrogen and oxygen atoms in total. The Bertz CT molecular complexity index is 1260. The quantitative estimate of drug-likeness (QED) is 0.404. The standard InChI is InChI=1S/C29H30ClN3O2/c1-4-17-32(3)26-14-9-18-33(27-13-8-7-12-24(26)27)29(35)23-16-15-21(19-25(23)30)31-28(34)22-11-6-5-10-20(22)2/h4-8,10-13,15-16,19,26H,1,9,14,17-18H2,2-3H3,(H,31,34). The minimum absolute atomic E-state index is 0.147. The fourth-order valence-electron chi connectivity index (χ4n) is 4.67. The molecule has 0 bridgehead atoms. The van der Waals surface area contributed by atoms with Crippen LogP contribution in [0.25, 0.3) is 0 Å². The number of para-hydroxylation sites is 1. The molecule has 6 heteroatoms. The van der Waals surface area contributed by atoms with Crippen molar-refractivity contribution in [3.8, 4) is 0 Å². The molecular formula is C29H30ClN3O2. The molecule has 3 aromatic rings. The smallest absolute Gasteiger partial charge is 0.259 e. The van der Waals surface area contributed by atoms with E-state index in [0.717, 1.165) is 36.2 Å². The third-order valence-corrected chi connectivity index (χ3v) is 6.80. The number of fused-ring (bicyclic) bond motifs is 1. The molecule has 4 rings (SSSR count). The van der Waals surface area contributed by atoms with Gasteiger partial charge in [0, 0.05) is 36.1 Å². The highest BCUT2D eigenvalue weighted by Crippen LogP contribution is 2.37. The molecule has 1 unspecified atom stereocenters. The zero-order valence-electron chi connectivity index (χ0n) is 20.1. The van der Waals surface area contributed by atoms with Gasteiger partial charge in [0.15, 0.2) is 0 Å². The number of rotatable bonds is 6. The lowest BCUT2D eigenvalue weighted by Gasteiger charge is -2.29. The molecule has 3 aromatic carbocycles. The van der Waals surface area contributed by atoms with Crippen molar-refractivity contribution in [3.63, 3.8) is 0 Å². The van der Waals surface area contributed by atoms with Gasteiger partial charge in [-0.25, -0.2) is 0 Å². The van der Waals surface area contributed by atoms with Crippen molar-refractivity contribution in [2.24, 2.45) is 0 Å². The first-order chi connectivity index (χ1) is 16.9. The Balaban J connectivity index is 1.59. The van der Waals surface area contributed by atoms with Crippen molar-refractivity contribution < 1.29 is 9.59 Å². The summed E-state index contributed by atoms with van der Waals surface area (Å²) in [6, 6.07) is 20.7. The van der Waals surface area contributed by atoms with E-state index in [1.165, 1.54) is 0 Å². The van der Waals surface area contributed by atoms with Gasteiger partial charge < -0.3 is 10.2 Å². The molecule has 0 spiro atoms. The number of carbonyl (C=O) groups excluding carboxylic acids is 2. The van der Waals surface area contributed by atoms with E-state index < -0.39 is 0 Å². The molecule has 0 saturated carbocycles. The van der Waals surface area contributed by atoms with Crippen LogP contribution in [0.3, 0.4) is 0 Å². The van der Waals surface area contributed by atoms with E-state index in [9.17, 15) is 9.59 Å². The first kappa shape index (κ1) is 24.7. The molecular weight excluding hydrogens is 458 g/mol. The van der Waals surface area contributed by atoms with Gasteiger partial charge in [0.2, 0.25) is 0 Å². The monoisotopic (exact) mass is 487 g/mol. The van der Waals surface area contributed by atoms with Crippen molar-refractivity contribution in [1.82, 2.24) is 4.90 Å². The van der Waals surface area contributed by atoms with Gasteiger partial charge in [0.25, 0.3) is 11.8 Å². The van der Waals surface area contributed by atoms with Gasteiger partial charge in [-0.15, -0.1) is 6.58 Å². The van der Waals surface area contributed by atoms with E-state index in [-0.39, 0.29) is 17.9 Å². The van der Waals surface area contributed by atoms with Crippen LogP contribution in [0.4, 0.5) is 11.4 Å². The van der Waals surface area contributed by atoms with Crippen molar-refractivity contribution in [1.29, 1.82) is 0 Å². The van der Waals surface area contributed by atoms with Crippen molar-refractivity contribution in [3.05, 3.63) is 107 Å². The van der Waals surface area contributed by atoms with Crippen LogP contribution in [0.5, 0.6) is 0 Å². The van der Waals surface area contributed by atoms with Crippen LogP contribution in [-0.2, 0) is 0 Å². The SMILES string of the molecule is C=CCN(C)C1CCCN(C(=O)c2ccc(NC(=O)c3ccccc3C)cc2Cl)c2ccccc21. The Labute approximate surface area is 212 Å². The molecule has 0 saturated heterocycles. The first-order valence-corrected chi connectivity index (χ1v) is 12.2. The largest absolute Gasteiger partial charge is 0.322 e. The van der Waals surface area contributed by atoms with Gasteiger partial charge in [-0.2, -0.15) is 0 Å². The summed E-state index contributed by atoms with van der Waals surface area (Å²) in [7, 11) is 2.08. The highest BCUT2D eigenvalue weighted by molar-refractivity contribution is 6.35. The maximum absolute atomic E-state index is 13.7.